The molecule has 2 bridgehead atoms. The van der Waals surface area contributed by atoms with Crippen molar-refractivity contribution in [2.24, 2.45) is 23.7 Å². The highest BCUT2D eigenvalue weighted by Crippen LogP contribution is 2.55. The van der Waals surface area contributed by atoms with Crippen molar-refractivity contribution < 1.29 is 23.9 Å². The van der Waals surface area contributed by atoms with Crippen LogP contribution in [0.1, 0.15) is 29.3 Å². The van der Waals surface area contributed by atoms with Crippen molar-refractivity contribution in [2.75, 3.05) is 16.8 Å². The van der Waals surface area contributed by atoms with Gasteiger partial charge in [-0.1, -0.05) is 29.8 Å². The van der Waals surface area contributed by atoms with Crippen LogP contribution in [-0.4, -0.2) is 30.3 Å². The summed E-state index contributed by atoms with van der Waals surface area (Å²) >= 11 is 0. The fourth-order valence-electron chi connectivity index (χ4n) is 5.39. The molecule has 1 heterocycles. The zero-order valence-electron chi connectivity index (χ0n) is 18.4. The number of anilines is 2. The molecule has 0 aromatic heterocycles. The van der Waals surface area contributed by atoms with Crippen LogP contribution in [0.3, 0.4) is 0 Å². The third kappa shape index (κ3) is 3.53. The van der Waals surface area contributed by atoms with Gasteiger partial charge in [-0.15, -0.1) is 0 Å². The average Bonchev–Trinajstić information content (AvgIpc) is 3.44. The van der Waals surface area contributed by atoms with Crippen LogP contribution >= 0.6 is 0 Å². The molecule has 7 heteroatoms. The quantitative estimate of drug-likeness (QED) is 0.433. The van der Waals surface area contributed by atoms with Crippen LogP contribution in [0, 0.1) is 30.6 Å². The molecule has 5 rings (SSSR count). The standard InChI is InChI=1S/C26H24N2O5/c1-14-5-3-4-6-20(14)27-21(29)13-33-26(32)16-7-9-18(10-8-16)28-24(30)22-17-11-15(2)19(12-17)23(22)25(28)31/h3-11,17,19,22-23H,12-13H2,1-2H3,(H,27,29)/t17-,19+,22-,23-/m0/s1. The summed E-state index contributed by atoms with van der Waals surface area (Å²) in [6, 6.07) is 13.5. The number of fused-ring (bicyclic) bond motifs is 5. The summed E-state index contributed by atoms with van der Waals surface area (Å²) in [4.78, 5) is 51.8. The smallest absolute Gasteiger partial charge is 0.338 e. The van der Waals surface area contributed by atoms with Gasteiger partial charge in [-0.2, -0.15) is 0 Å². The fourth-order valence-corrected chi connectivity index (χ4v) is 5.39. The Balaban J connectivity index is 1.22. The van der Waals surface area contributed by atoms with Crippen LogP contribution in [0.5, 0.6) is 0 Å². The molecule has 1 N–H and O–H groups in total. The second-order valence-corrected chi connectivity index (χ2v) is 8.97. The van der Waals surface area contributed by atoms with Crippen molar-refractivity contribution in [3.05, 3.63) is 71.3 Å². The monoisotopic (exact) mass is 444 g/mol. The van der Waals surface area contributed by atoms with Crippen molar-refractivity contribution in [1.82, 2.24) is 0 Å². The summed E-state index contributed by atoms with van der Waals surface area (Å²) in [6.45, 7) is 3.48. The lowest BCUT2D eigenvalue weighted by Crippen LogP contribution is -2.33. The Morgan fingerprint density at radius 1 is 1.00 bits per heavy atom. The van der Waals surface area contributed by atoms with Gasteiger partial charge in [0.2, 0.25) is 11.8 Å². The molecular formula is C26H24N2O5. The topological polar surface area (TPSA) is 92.8 Å². The summed E-state index contributed by atoms with van der Waals surface area (Å²) < 4.78 is 5.11. The minimum Gasteiger partial charge on any atom is -0.452 e. The van der Waals surface area contributed by atoms with E-state index in [0.29, 0.717) is 11.4 Å². The van der Waals surface area contributed by atoms with Crippen LogP contribution in [0.25, 0.3) is 0 Å². The van der Waals surface area contributed by atoms with Gasteiger partial charge < -0.3 is 10.1 Å². The number of para-hydroxylation sites is 1. The third-order valence-corrected chi connectivity index (χ3v) is 7.00. The molecular weight excluding hydrogens is 420 g/mol. The van der Waals surface area contributed by atoms with Gasteiger partial charge in [0.15, 0.2) is 6.61 Å². The van der Waals surface area contributed by atoms with Crippen molar-refractivity contribution in [3.8, 4) is 0 Å². The molecule has 2 aliphatic carbocycles. The number of nitrogens with zero attached hydrogens (tertiary/aromatic N) is 1. The summed E-state index contributed by atoms with van der Waals surface area (Å²) in [5.74, 6) is -1.67. The molecule has 3 amide bonds. The maximum atomic E-state index is 13.0. The third-order valence-electron chi connectivity index (χ3n) is 7.00. The fraction of sp³-hybridized carbons (Fsp3) is 0.308. The van der Waals surface area contributed by atoms with Crippen LogP contribution in [-0.2, 0) is 19.1 Å². The highest BCUT2D eigenvalue weighted by molar-refractivity contribution is 6.23. The zero-order chi connectivity index (χ0) is 23.3. The van der Waals surface area contributed by atoms with E-state index in [4.69, 9.17) is 4.74 Å². The predicted octanol–water partition coefficient (Wildman–Crippen LogP) is 3.49. The first-order valence-electron chi connectivity index (χ1n) is 11.0. The molecule has 1 saturated heterocycles. The van der Waals surface area contributed by atoms with E-state index in [0.717, 1.165) is 12.0 Å². The largest absolute Gasteiger partial charge is 0.452 e. The number of hydrogen-bond acceptors (Lipinski definition) is 5. The Labute approximate surface area is 191 Å². The number of amides is 3. The molecule has 4 atom stereocenters. The molecule has 1 saturated carbocycles. The molecule has 0 unspecified atom stereocenters. The molecule has 7 nitrogen and oxygen atoms in total. The van der Waals surface area contributed by atoms with Crippen molar-refractivity contribution in [2.45, 2.75) is 20.3 Å². The van der Waals surface area contributed by atoms with E-state index in [1.54, 1.807) is 18.2 Å². The molecule has 2 aromatic carbocycles. The van der Waals surface area contributed by atoms with Gasteiger partial charge in [-0.05, 0) is 68.0 Å². The van der Waals surface area contributed by atoms with Gasteiger partial charge in [0.1, 0.15) is 0 Å². The lowest BCUT2D eigenvalue weighted by atomic mass is 9.82. The molecule has 0 spiro atoms. The van der Waals surface area contributed by atoms with Crippen LogP contribution < -0.4 is 10.2 Å². The summed E-state index contributed by atoms with van der Waals surface area (Å²) in [7, 11) is 0. The van der Waals surface area contributed by atoms with Crippen LogP contribution in [0.15, 0.2) is 60.2 Å². The van der Waals surface area contributed by atoms with E-state index in [9.17, 15) is 19.2 Å². The van der Waals surface area contributed by atoms with Gasteiger partial charge in [-0.3, -0.25) is 19.3 Å². The average molecular weight is 444 g/mol. The second-order valence-electron chi connectivity index (χ2n) is 8.97. The van der Waals surface area contributed by atoms with Gasteiger partial charge >= 0.3 is 5.97 Å². The number of rotatable bonds is 5. The van der Waals surface area contributed by atoms with Gasteiger partial charge in [0.25, 0.3) is 5.91 Å². The number of hydrogen-bond donors (Lipinski definition) is 1. The Hall–Kier alpha value is -3.74. The summed E-state index contributed by atoms with van der Waals surface area (Å²) in [5, 5.41) is 2.71. The van der Waals surface area contributed by atoms with Gasteiger partial charge in [0, 0.05) is 5.69 Å². The molecule has 2 fully saturated rings. The Morgan fingerprint density at radius 2 is 1.70 bits per heavy atom. The first-order valence-corrected chi connectivity index (χ1v) is 11.0. The number of esters is 1. The molecule has 168 valence electrons. The van der Waals surface area contributed by atoms with E-state index >= 15 is 0 Å². The van der Waals surface area contributed by atoms with Gasteiger partial charge in [-0.25, -0.2) is 4.79 Å². The minimum absolute atomic E-state index is 0.140. The van der Waals surface area contributed by atoms with E-state index in [2.05, 4.69) is 11.4 Å². The van der Waals surface area contributed by atoms with E-state index in [1.165, 1.54) is 22.6 Å². The Bertz CT molecular complexity index is 1200. The Morgan fingerprint density at radius 3 is 2.42 bits per heavy atom. The first-order chi connectivity index (χ1) is 15.8. The first kappa shape index (κ1) is 21.1. The number of carbonyl (C=O) groups is 4. The second kappa shape index (κ2) is 7.99. The lowest BCUT2D eigenvalue weighted by molar-refractivity contribution is -0.123. The zero-order valence-corrected chi connectivity index (χ0v) is 18.4. The predicted molar refractivity (Wildman–Crippen MR) is 121 cm³/mol. The van der Waals surface area contributed by atoms with Crippen molar-refractivity contribution >= 4 is 35.1 Å². The molecule has 1 aliphatic heterocycles. The minimum atomic E-state index is -0.657. The van der Waals surface area contributed by atoms with E-state index < -0.39 is 18.5 Å². The maximum absolute atomic E-state index is 13.0. The maximum Gasteiger partial charge on any atom is 0.338 e. The summed E-state index contributed by atoms with van der Waals surface area (Å²) in [6.07, 6.45) is 3.02. The molecule has 33 heavy (non-hydrogen) atoms. The number of benzene rings is 2. The van der Waals surface area contributed by atoms with E-state index in [1.807, 2.05) is 32.0 Å². The van der Waals surface area contributed by atoms with Gasteiger partial charge in [0.05, 0.1) is 23.1 Å². The Kier molecular flexibility index (Phi) is 5.12. The highest BCUT2D eigenvalue weighted by atomic mass is 16.5. The highest BCUT2D eigenvalue weighted by Gasteiger charge is 2.60. The molecule has 2 aromatic rings. The SMILES string of the molecule is CC1=C[C@H]2C[C@H]1[C@@H]1C(=O)N(c3ccc(C(=O)OCC(=O)Nc4ccccc4C)cc3)C(=O)[C@H]12. The lowest BCUT2D eigenvalue weighted by Gasteiger charge is -2.19. The van der Waals surface area contributed by atoms with E-state index in [-0.39, 0.29) is 41.0 Å². The number of ether oxygens (including phenoxy) is 1. The molecule has 0 radical (unpaired) electrons. The van der Waals surface area contributed by atoms with Crippen molar-refractivity contribution in [1.29, 1.82) is 0 Å². The number of nitrogens with one attached hydrogen (secondary N) is 1. The summed E-state index contributed by atoms with van der Waals surface area (Å²) in [5.41, 5.74) is 3.45. The number of aryl methyl sites for hydroxylation is 1. The number of carbonyl (C=O) groups excluding carboxylic acids is 4. The number of allylic oxidation sites excluding steroid dienone is 2. The van der Waals surface area contributed by atoms with Crippen molar-refractivity contribution in [3.63, 3.8) is 0 Å². The van der Waals surface area contributed by atoms with Crippen LogP contribution in [0.2, 0.25) is 0 Å². The molecule has 3 aliphatic rings. The number of imide groups is 1. The normalized spacial score (nSPS) is 25.2. The van der Waals surface area contributed by atoms with Crippen LogP contribution in [0.4, 0.5) is 11.4 Å².